The molecule has 5 nitrogen and oxygen atoms in total. The van der Waals surface area contributed by atoms with Crippen molar-refractivity contribution >= 4 is 11.6 Å². The Labute approximate surface area is 168 Å². The van der Waals surface area contributed by atoms with Crippen molar-refractivity contribution in [3.05, 3.63) is 114 Å². The minimum Gasteiger partial charge on any atom is -0.459 e. The third-order valence-corrected chi connectivity index (χ3v) is 5.10. The zero-order chi connectivity index (χ0) is 19.6. The molecule has 1 atom stereocenters. The second kappa shape index (κ2) is 7.28. The third kappa shape index (κ3) is 3.17. The fourth-order valence-electron chi connectivity index (χ4n) is 3.74. The van der Waals surface area contributed by atoms with Crippen LogP contribution in [0.25, 0.3) is 5.69 Å². The topological polar surface area (TPSA) is 59.5 Å². The van der Waals surface area contributed by atoms with Crippen LogP contribution in [0.4, 0.5) is 0 Å². The Hall–Kier alpha value is -3.86. The Kier molecular flexibility index (Phi) is 4.33. The van der Waals surface area contributed by atoms with Crippen molar-refractivity contribution in [2.75, 3.05) is 6.54 Å². The van der Waals surface area contributed by atoms with Crippen LogP contribution < -0.4 is 5.32 Å². The largest absolute Gasteiger partial charge is 0.459 e. The number of amides is 1. The van der Waals surface area contributed by atoms with Gasteiger partial charge < -0.3 is 14.3 Å². The SMILES string of the molecule is O=C(NCC1=N[C@H](c2ccccc2)c2ccccc2-n2cccc21)c1ccco1. The number of furan rings is 1. The van der Waals surface area contributed by atoms with E-state index in [0.717, 1.165) is 28.2 Å². The van der Waals surface area contributed by atoms with E-state index in [4.69, 9.17) is 9.41 Å². The van der Waals surface area contributed by atoms with E-state index in [2.05, 4.69) is 34.1 Å². The minimum atomic E-state index is -0.256. The summed E-state index contributed by atoms with van der Waals surface area (Å²) >= 11 is 0. The molecule has 0 spiro atoms. The molecule has 1 amide bonds. The van der Waals surface area contributed by atoms with Crippen LogP contribution in [0.1, 0.15) is 33.4 Å². The molecule has 1 N–H and O–H groups in total. The van der Waals surface area contributed by atoms with Crippen LogP contribution in [-0.2, 0) is 0 Å². The van der Waals surface area contributed by atoms with Gasteiger partial charge in [0.25, 0.3) is 5.91 Å². The van der Waals surface area contributed by atoms with Crippen molar-refractivity contribution in [2.45, 2.75) is 6.04 Å². The van der Waals surface area contributed by atoms with Gasteiger partial charge >= 0.3 is 0 Å². The first-order valence-corrected chi connectivity index (χ1v) is 9.51. The summed E-state index contributed by atoms with van der Waals surface area (Å²) in [6.45, 7) is 0.306. The van der Waals surface area contributed by atoms with Gasteiger partial charge in [-0.15, -0.1) is 0 Å². The molecule has 29 heavy (non-hydrogen) atoms. The molecule has 1 aliphatic heterocycles. The average Bonchev–Trinajstić information content (AvgIpc) is 3.45. The van der Waals surface area contributed by atoms with Gasteiger partial charge in [-0.25, -0.2) is 0 Å². The summed E-state index contributed by atoms with van der Waals surface area (Å²) in [6.07, 6.45) is 3.52. The van der Waals surface area contributed by atoms with Crippen molar-refractivity contribution in [1.82, 2.24) is 9.88 Å². The lowest BCUT2D eigenvalue weighted by atomic mass is 9.98. The minimum absolute atomic E-state index is 0.150. The molecular weight excluding hydrogens is 362 g/mol. The summed E-state index contributed by atoms with van der Waals surface area (Å²) in [4.78, 5) is 17.5. The van der Waals surface area contributed by atoms with Gasteiger partial charge in [-0.2, -0.15) is 0 Å². The molecule has 3 heterocycles. The molecule has 2 aromatic heterocycles. The number of aliphatic imine (C=N–C) groups is 1. The Morgan fingerprint density at radius 2 is 1.79 bits per heavy atom. The molecule has 2 aromatic carbocycles. The molecule has 5 rings (SSSR count). The number of aromatic nitrogens is 1. The van der Waals surface area contributed by atoms with Crippen LogP contribution in [0.5, 0.6) is 0 Å². The molecule has 142 valence electrons. The molecule has 4 aromatic rings. The monoisotopic (exact) mass is 381 g/mol. The fraction of sp³-hybridized carbons (Fsp3) is 0.0833. The van der Waals surface area contributed by atoms with Crippen molar-refractivity contribution in [3.8, 4) is 5.69 Å². The maximum Gasteiger partial charge on any atom is 0.287 e. The maximum absolute atomic E-state index is 12.4. The number of rotatable bonds is 4. The van der Waals surface area contributed by atoms with Crippen molar-refractivity contribution in [2.24, 2.45) is 4.99 Å². The Balaban J connectivity index is 1.58. The average molecular weight is 381 g/mol. The van der Waals surface area contributed by atoms with Gasteiger partial charge in [0.15, 0.2) is 5.76 Å². The van der Waals surface area contributed by atoms with E-state index in [1.165, 1.54) is 6.26 Å². The highest BCUT2D eigenvalue weighted by Gasteiger charge is 2.24. The lowest BCUT2D eigenvalue weighted by Crippen LogP contribution is -2.30. The Morgan fingerprint density at radius 3 is 2.62 bits per heavy atom. The number of nitrogens with one attached hydrogen (secondary N) is 1. The Morgan fingerprint density at radius 1 is 0.966 bits per heavy atom. The quantitative estimate of drug-likeness (QED) is 0.570. The van der Waals surface area contributed by atoms with E-state index in [9.17, 15) is 4.79 Å². The standard InChI is InChI=1S/C24H19N3O2/c28-24(22-13-7-15-29-22)25-16-19-21-12-6-14-27(21)20-11-5-4-10-18(20)23(26-19)17-8-2-1-3-9-17/h1-15,23H,16H2,(H,25,28)/t23-/m1/s1. The third-order valence-electron chi connectivity index (χ3n) is 5.10. The van der Waals surface area contributed by atoms with Gasteiger partial charge in [-0.3, -0.25) is 9.79 Å². The summed E-state index contributed by atoms with van der Waals surface area (Å²) < 4.78 is 7.33. The summed E-state index contributed by atoms with van der Waals surface area (Å²) in [6, 6.07) is 25.8. The number of para-hydroxylation sites is 1. The molecule has 1 aliphatic rings. The van der Waals surface area contributed by atoms with Gasteiger partial charge in [-0.1, -0.05) is 48.5 Å². The molecule has 5 heteroatoms. The van der Waals surface area contributed by atoms with Gasteiger partial charge in [0.1, 0.15) is 6.04 Å². The zero-order valence-corrected chi connectivity index (χ0v) is 15.7. The molecule has 0 unspecified atom stereocenters. The summed E-state index contributed by atoms with van der Waals surface area (Å²) in [5.74, 6) is 0.0336. The predicted octanol–water partition coefficient (Wildman–Crippen LogP) is 4.39. The molecule has 0 radical (unpaired) electrons. The van der Waals surface area contributed by atoms with Gasteiger partial charge in [0.2, 0.25) is 0 Å². The number of benzene rings is 2. The first-order valence-electron chi connectivity index (χ1n) is 9.51. The van der Waals surface area contributed by atoms with Crippen LogP contribution >= 0.6 is 0 Å². The highest BCUT2D eigenvalue weighted by atomic mass is 16.3. The van der Waals surface area contributed by atoms with E-state index >= 15 is 0 Å². The molecule has 0 saturated heterocycles. The van der Waals surface area contributed by atoms with E-state index in [-0.39, 0.29) is 17.7 Å². The smallest absolute Gasteiger partial charge is 0.287 e. The van der Waals surface area contributed by atoms with E-state index in [0.29, 0.717) is 6.54 Å². The normalized spacial score (nSPS) is 15.0. The number of fused-ring (bicyclic) bond motifs is 3. The van der Waals surface area contributed by atoms with Crippen LogP contribution in [-0.4, -0.2) is 22.7 Å². The summed E-state index contributed by atoms with van der Waals surface area (Å²) in [7, 11) is 0. The van der Waals surface area contributed by atoms with Crippen LogP contribution in [0.2, 0.25) is 0 Å². The van der Waals surface area contributed by atoms with Crippen LogP contribution in [0.3, 0.4) is 0 Å². The number of carbonyl (C=O) groups is 1. The van der Waals surface area contributed by atoms with Gasteiger partial charge in [-0.05, 0) is 35.9 Å². The lowest BCUT2D eigenvalue weighted by Gasteiger charge is -2.16. The number of carbonyl (C=O) groups excluding carboxylic acids is 1. The molecule has 0 bridgehead atoms. The first-order chi connectivity index (χ1) is 14.3. The first kappa shape index (κ1) is 17.3. The highest BCUT2D eigenvalue weighted by Crippen LogP contribution is 2.34. The van der Waals surface area contributed by atoms with E-state index < -0.39 is 0 Å². The Bertz CT molecular complexity index is 1170. The second-order valence-corrected chi connectivity index (χ2v) is 6.87. The maximum atomic E-state index is 12.4. The molecular formula is C24H19N3O2. The number of hydrogen-bond donors (Lipinski definition) is 1. The van der Waals surface area contributed by atoms with E-state index in [1.807, 2.05) is 48.7 Å². The number of hydrogen-bond acceptors (Lipinski definition) is 3. The summed E-state index contributed by atoms with van der Waals surface area (Å²) in [5.41, 5.74) is 5.12. The predicted molar refractivity (Wildman–Crippen MR) is 112 cm³/mol. The summed E-state index contributed by atoms with van der Waals surface area (Å²) in [5, 5.41) is 2.94. The number of nitrogens with zero attached hydrogens (tertiary/aromatic N) is 2. The molecule has 0 saturated carbocycles. The molecule has 0 aliphatic carbocycles. The van der Waals surface area contributed by atoms with Gasteiger partial charge in [0, 0.05) is 11.8 Å². The van der Waals surface area contributed by atoms with Crippen molar-refractivity contribution in [3.63, 3.8) is 0 Å². The lowest BCUT2D eigenvalue weighted by molar-refractivity contribution is 0.0932. The van der Waals surface area contributed by atoms with Crippen molar-refractivity contribution < 1.29 is 9.21 Å². The zero-order valence-electron chi connectivity index (χ0n) is 15.7. The molecule has 0 fully saturated rings. The van der Waals surface area contributed by atoms with E-state index in [1.54, 1.807) is 12.1 Å². The van der Waals surface area contributed by atoms with Gasteiger partial charge in [0.05, 0.1) is 29.9 Å². The second-order valence-electron chi connectivity index (χ2n) is 6.87. The van der Waals surface area contributed by atoms with Crippen LogP contribution in [0.15, 0.2) is 101 Å². The van der Waals surface area contributed by atoms with Crippen molar-refractivity contribution in [1.29, 1.82) is 0 Å². The fourth-order valence-corrected chi connectivity index (χ4v) is 3.74. The highest BCUT2D eigenvalue weighted by molar-refractivity contribution is 6.04. The van der Waals surface area contributed by atoms with Crippen LogP contribution in [0, 0.1) is 0 Å².